The zero-order valence-corrected chi connectivity index (χ0v) is 12.7. The van der Waals surface area contributed by atoms with Gasteiger partial charge in [-0.15, -0.1) is 0 Å². The molecule has 3 atom stereocenters. The fraction of sp³-hybridized carbons (Fsp3) is 0.667. The molecule has 0 radical (unpaired) electrons. The van der Waals surface area contributed by atoms with Crippen LogP contribution in [0.1, 0.15) is 62.3 Å². The highest BCUT2D eigenvalue weighted by atomic mass is 16.5. The number of hydrogen-bond donors (Lipinski definition) is 1. The summed E-state index contributed by atoms with van der Waals surface area (Å²) in [6.07, 6.45) is 5.20. The molecule has 4 aliphatic rings. The number of aromatic hydroxyl groups is 1. The van der Waals surface area contributed by atoms with Crippen molar-refractivity contribution in [3.8, 4) is 5.75 Å². The van der Waals surface area contributed by atoms with Crippen LogP contribution in [0.2, 0.25) is 0 Å². The van der Waals surface area contributed by atoms with Crippen LogP contribution in [0.5, 0.6) is 5.75 Å². The van der Waals surface area contributed by atoms with E-state index in [0.29, 0.717) is 17.1 Å². The first-order valence-electron chi connectivity index (χ1n) is 7.90. The Kier molecular flexibility index (Phi) is 2.41. The Bertz CT molecular complexity index is 575. The zero-order valence-electron chi connectivity index (χ0n) is 12.7. The van der Waals surface area contributed by atoms with Crippen LogP contribution in [0.25, 0.3) is 0 Å². The van der Waals surface area contributed by atoms with Crippen molar-refractivity contribution in [2.45, 2.75) is 58.0 Å². The highest BCUT2D eigenvalue weighted by Crippen LogP contribution is 2.63. The van der Waals surface area contributed by atoms with Gasteiger partial charge >= 0.3 is 0 Å². The van der Waals surface area contributed by atoms with E-state index in [2.05, 4.69) is 19.9 Å². The third-order valence-electron chi connectivity index (χ3n) is 6.30. The first-order chi connectivity index (χ1) is 9.44. The summed E-state index contributed by atoms with van der Waals surface area (Å²) in [6, 6.07) is 4.21. The van der Waals surface area contributed by atoms with E-state index in [9.17, 15) is 5.11 Å². The molecule has 2 aliphatic heterocycles. The molecule has 1 N–H and O–H groups in total. The van der Waals surface area contributed by atoms with Gasteiger partial charge in [-0.25, -0.2) is 0 Å². The lowest BCUT2D eigenvalue weighted by atomic mass is 9.48. The summed E-state index contributed by atoms with van der Waals surface area (Å²) >= 11 is 0. The SMILES string of the molecule is Cc1cc2c(cc1O)C13CCCC(C)(C)C1CC2OC3. The fourth-order valence-electron chi connectivity index (χ4n) is 5.24. The van der Waals surface area contributed by atoms with E-state index < -0.39 is 0 Å². The van der Waals surface area contributed by atoms with Gasteiger partial charge in [0.2, 0.25) is 0 Å². The molecule has 2 bridgehead atoms. The Morgan fingerprint density at radius 3 is 2.85 bits per heavy atom. The van der Waals surface area contributed by atoms with Gasteiger partial charge in [-0.3, -0.25) is 0 Å². The third kappa shape index (κ3) is 1.43. The lowest BCUT2D eigenvalue weighted by Gasteiger charge is -2.60. The summed E-state index contributed by atoms with van der Waals surface area (Å²) in [5.74, 6) is 1.14. The average Bonchev–Trinajstić information content (AvgIpc) is 2.40. The molecule has 2 fully saturated rings. The van der Waals surface area contributed by atoms with Crippen LogP contribution in [0, 0.1) is 18.3 Å². The maximum absolute atomic E-state index is 10.2. The van der Waals surface area contributed by atoms with Crippen molar-refractivity contribution in [1.82, 2.24) is 0 Å². The van der Waals surface area contributed by atoms with E-state index >= 15 is 0 Å². The summed E-state index contributed by atoms with van der Waals surface area (Å²) in [7, 11) is 0. The molecule has 3 unspecified atom stereocenters. The van der Waals surface area contributed by atoms with Crippen LogP contribution in [0.4, 0.5) is 0 Å². The number of phenolic OH excluding ortho intramolecular Hbond substituents is 1. The molecule has 5 rings (SSSR count). The highest BCUT2D eigenvalue weighted by Gasteiger charge is 2.58. The monoisotopic (exact) mass is 272 g/mol. The van der Waals surface area contributed by atoms with E-state index in [0.717, 1.165) is 18.6 Å². The predicted octanol–water partition coefficient (Wildman–Crippen LogP) is 4.24. The molecule has 1 aromatic carbocycles. The summed E-state index contributed by atoms with van der Waals surface area (Å²) in [6.45, 7) is 7.68. The van der Waals surface area contributed by atoms with Crippen LogP contribution < -0.4 is 0 Å². The molecule has 2 aliphatic carbocycles. The van der Waals surface area contributed by atoms with Gasteiger partial charge < -0.3 is 9.84 Å². The number of hydrogen-bond acceptors (Lipinski definition) is 2. The summed E-state index contributed by atoms with van der Waals surface area (Å²) < 4.78 is 6.17. The van der Waals surface area contributed by atoms with Crippen molar-refractivity contribution >= 4 is 0 Å². The van der Waals surface area contributed by atoms with Crippen molar-refractivity contribution in [2.24, 2.45) is 11.3 Å². The van der Waals surface area contributed by atoms with Crippen molar-refractivity contribution in [2.75, 3.05) is 6.61 Å². The van der Waals surface area contributed by atoms with Gasteiger partial charge in [-0.05, 0) is 66.3 Å². The number of ether oxygens (including phenoxy) is 1. The van der Waals surface area contributed by atoms with Gasteiger partial charge in [0, 0.05) is 5.41 Å². The largest absolute Gasteiger partial charge is 0.508 e. The number of fused-ring (bicyclic) bond motifs is 1. The molecule has 1 spiro atoms. The molecule has 1 aromatic rings. The van der Waals surface area contributed by atoms with E-state index in [1.54, 1.807) is 0 Å². The van der Waals surface area contributed by atoms with Gasteiger partial charge in [-0.2, -0.15) is 0 Å². The molecule has 1 saturated carbocycles. The van der Waals surface area contributed by atoms with Gasteiger partial charge in [0.1, 0.15) is 5.75 Å². The maximum atomic E-state index is 10.2. The van der Waals surface area contributed by atoms with E-state index in [1.807, 2.05) is 13.0 Å². The number of phenols is 1. The normalized spacial score (nSPS) is 37.4. The lowest BCUT2D eigenvalue weighted by Crippen LogP contribution is -2.56. The second kappa shape index (κ2) is 3.79. The van der Waals surface area contributed by atoms with Crippen molar-refractivity contribution in [3.63, 3.8) is 0 Å². The highest BCUT2D eigenvalue weighted by molar-refractivity contribution is 5.50. The van der Waals surface area contributed by atoms with Gasteiger partial charge in [0.05, 0.1) is 12.7 Å². The van der Waals surface area contributed by atoms with E-state index in [4.69, 9.17) is 4.74 Å². The first-order valence-corrected chi connectivity index (χ1v) is 7.90. The topological polar surface area (TPSA) is 29.5 Å². The van der Waals surface area contributed by atoms with Crippen LogP contribution in [0.3, 0.4) is 0 Å². The fourth-order valence-corrected chi connectivity index (χ4v) is 5.24. The Balaban J connectivity index is 1.94. The van der Waals surface area contributed by atoms with Crippen LogP contribution in [0.15, 0.2) is 12.1 Å². The number of benzene rings is 1. The minimum Gasteiger partial charge on any atom is -0.508 e. The number of rotatable bonds is 0. The maximum Gasteiger partial charge on any atom is 0.118 e. The average molecular weight is 272 g/mol. The Labute approximate surface area is 121 Å². The molecular weight excluding hydrogens is 248 g/mol. The van der Waals surface area contributed by atoms with E-state index in [1.165, 1.54) is 30.4 Å². The summed E-state index contributed by atoms with van der Waals surface area (Å²) in [5.41, 5.74) is 4.25. The minimum atomic E-state index is 0.150. The second-order valence-electron chi connectivity index (χ2n) is 7.81. The van der Waals surface area contributed by atoms with Crippen LogP contribution in [-0.2, 0) is 10.2 Å². The molecule has 0 amide bonds. The third-order valence-corrected chi connectivity index (χ3v) is 6.30. The van der Waals surface area contributed by atoms with Gasteiger partial charge in [-0.1, -0.05) is 20.3 Å². The predicted molar refractivity (Wildman–Crippen MR) is 79.0 cm³/mol. The molecule has 108 valence electrons. The van der Waals surface area contributed by atoms with Crippen LogP contribution >= 0.6 is 0 Å². The standard InChI is InChI=1S/C18H24O2/c1-11-7-12-13(8-14(11)19)18-6-4-5-17(2,3)16(18)9-15(12)20-10-18/h7-8,15-16,19H,4-6,9-10H2,1-3H3. The quantitative estimate of drug-likeness (QED) is 0.765. The smallest absolute Gasteiger partial charge is 0.118 e. The zero-order chi connectivity index (χ0) is 14.1. The first kappa shape index (κ1) is 12.7. The molecule has 1 saturated heterocycles. The molecule has 20 heavy (non-hydrogen) atoms. The Hall–Kier alpha value is -1.02. The summed E-state index contributed by atoms with van der Waals surface area (Å²) in [4.78, 5) is 0. The summed E-state index contributed by atoms with van der Waals surface area (Å²) in [5, 5.41) is 10.2. The van der Waals surface area contributed by atoms with Crippen LogP contribution in [-0.4, -0.2) is 11.7 Å². The van der Waals surface area contributed by atoms with Crippen molar-refractivity contribution in [1.29, 1.82) is 0 Å². The molecular formula is C18H24O2. The second-order valence-corrected chi connectivity index (χ2v) is 7.81. The molecule has 2 nitrogen and oxygen atoms in total. The molecule has 2 heterocycles. The number of aryl methyl sites for hydroxylation is 1. The molecule has 2 heteroatoms. The Morgan fingerprint density at radius 2 is 2.05 bits per heavy atom. The molecule has 0 aromatic heterocycles. The minimum absolute atomic E-state index is 0.150. The lowest BCUT2D eigenvalue weighted by molar-refractivity contribution is -0.136. The van der Waals surface area contributed by atoms with Gasteiger partial charge in [0.25, 0.3) is 0 Å². The Morgan fingerprint density at radius 1 is 1.25 bits per heavy atom. The van der Waals surface area contributed by atoms with Crippen molar-refractivity contribution in [3.05, 3.63) is 28.8 Å². The van der Waals surface area contributed by atoms with Crippen molar-refractivity contribution < 1.29 is 9.84 Å². The van der Waals surface area contributed by atoms with E-state index in [-0.39, 0.29) is 11.5 Å². The van der Waals surface area contributed by atoms with Gasteiger partial charge in [0.15, 0.2) is 0 Å².